The predicted molar refractivity (Wildman–Crippen MR) is 130 cm³/mol. The Labute approximate surface area is 193 Å². The van der Waals surface area contributed by atoms with E-state index >= 15 is 0 Å². The van der Waals surface area contributed by atoms with Gasteiger partial charge in [-0.3, -0.25) is 4.90 Å². The second-order valence-corrected chi connectivity index (χ2v) is 12.5. The molecule has 1 N–H and O–H groups in total. The number of sulfone groups is 1. The summed E-state index contributed by atoms with van der Waals surface area (Å²) in [5.74, 6) is 0. The van der Waals surface area contributed by atoms with Crippen LogP contribution in [0.5, 0.6) is 0 Å². The van der Waals surface area contributed by atoms with E-state index in [9.17, 15) is 13.5 Å². The summed E-state index contributed by atoms with van der Waals surface area (Å²) in [5, 5.41) is 11.4. The third-order valence-electron chi connectivity index (χ3n) is 7.32. The molecular weight excluding hydrogens is 420 g/mol. The summed E-state index contributed by atoms with van der Waals surface area (Å²) in [6.45, 7) is 7.66. The Morgan fingerprint density at radius 2 is 1.66 bits per heavy atom. The average molecular weight is 457 g/mol. The zero-order chi connectivity index (χ0) is 23.0. The van der Waals surface area contributed by atoms with E-state index < -0.39 is 15.4 Å². The number of hydrogen-bond acceptors (Lipinski definition) is 5. The standard InChI is InChI=1S/C26H36N2O3S/c1-25(2)12-14-26(29,15-13-25)20-28-17-16-27(19-24(28)21-8-5-4-6-9-21)22-10-7-11-23(18-22)32(3,30)31/h4-11,18,24,29H,12-17,19-20H2,1-3H3. The topological polar surface area (TPSA) is 60.9 Å². The maximum atomic E-state index is 12.1. The zero-order valence-corrected chi connectivity index (χ0v) is 20.3. The van der Waals surface area contributed by atoms with Gasteiger partial charge in [0.05, 0.1) is 16.5 Å². The third kappa shape index (κ3) is 5.36. The second kappa shape index (κ2) is 8.81. The van der Waals surface area contributed by atoms with Crippen molar-refractivity contribution in [2.24, 2.45) is 5.41 Å². The van der Waals surface area contributed by atoms with Gasteiger partial charge in [-0.05, 0) is 54.9 Å². The Hall–Kier alpha value is -1.89. The molecule has 1 atom stereocenters. The van der Waals surface area contributed by atoms with E-state index in [0.717, 1.165) is 51.0 Å². The van der Waals surface area contributed by atoms with E-state index in [1.165, 1.54) is 11.8 Å². The van der Waals surface area contributed by atoms with Crippen LogP contribution >= 0.6 is 0 Å². The molecule has 1 heterocycles. The Morgan fingerprint density at radius 1 is 0.969 bits per heavy atom. The monoisotopic (exact) mass is 456 g/mol. The molecule has 2 aromatic carbocycles. The minimum absolute atomic E-state index is 0.144. The molecule has 0 radical (unpaired) electrons. The molecule has 6 heteroatoms. The van der Waals surface area contributed by atoms with Crippen LogP contribution in [0.15, 0.2) is 59.5 Å². The van der Waals surface area contributed by atoms with Crippen LogP contribution in [0.1, 0.15) is 51.1 Å². The highest BCUT2D eigenvalue weighted by Gasteiger charge is 2.40. The molecule has 1 aliphatic carbocycles. The SMILES string of the molecule is CC1(C)CCC(O)(CN2CCN(c3cccc(S(C)(=O)=O)c3)CC2c2ccccc2)CC1. The first-order valence-electron chi connectivity index (χ1n) is 11.6. The molecule has 1 saturated heterocycles. The minimum Gasteiger partial charge on any atom is -0.389 e. The van der Waals surface area contributed by atoms with Crippen LogP contribution in [-0.4, -0.2) is 56.5 Å². The number of anilines is 1. The summed E-state index contributed by atoms with van der Waals surface area (Å²) in [6.07, 6.45) is 5.05. The second-order valence-electron chi connectivity index (χ2n) is 10.5. The van der Waals surface area contributed by atoms with Crippen molar-refractivity contribution >= 4 is 15.5 Å². The highest BCUT2D eigenvalue weighted by atomic mass is 32.2. The fraction of sp³-hybridized carbons (Fsp3) is 0.538. The number of β-amino-alcohol motifs (C(OH)–C–C–N with tert-alkyl or cyclic N) is 1. The van der Waals surface area contributed by atoms with Gasteiger partial charge in [0, 0.05) is 38.1 Å². The average Bonchev–Trinajstić information content (AvgIpc) is 2.77. The van der Waals surface area contributed by atoms with E-state index in [2.05, 4.69) is 47.9 Å². The molecule has 4 rings (SSSR count). The maximum absolute atomic E-state index is 12.1. The summed E-state index contributed by atoms with van der Waals surface area (Å²) in [6, 6.07) is 17.9. The summed E-state index contributed by atoms with van der Waals surface area (Å²) in [4.78, 5) is 5.06. The molecule has 1 saturated carbocycles. The van der Waals surface area contributed by atoms with Crippen molar-refractivity contribution in [1.82, 2.24) is 4.90 Å². The first kappa shape index (κ1) is 23.3. The van der Waals surface area contributed by atoms with Gasteiger partial charge in [0.25, 0.3) is 0 Å². The van der Waals surface area contributed by atoms with Gasteiger partial charge in [-0.15, -0.1) is 0 Å². The van der Waals surface area contributed by atoms with E-state index in [4.69, 9.17) is 0 Å². The van der Waals surface area contributed by atoms with E-state index in [0.29, 0.717) is 16.9 Å². The molecule has 0 amide bonds. The largest absolute Gasteiger partial charge is 0.389 e. The number of rotatable bonds is 5. The Bertz CT molecular complexity index is 1030. The van der Waals surface area contributed by atoms with Crippen molar-refractivity contribution < 1.29 is 13.5 Å². The smallest absolute Gasteiger partial charge is 0.175 e. The zero-order valence-electron chi connectivity index (χ0n) is 19.5. The summed E-state index contributed by atoms with van der Waals surface area (Å²) >= 11 is 0. The van der Waals surface area contributed by atoms with Crippen molar-refractivity contribution in [3.05, 3.63) is 60.2 Å². The van der Waals surface area contributed by atoms with Crippen molar-refractivity contribution in [3.8, 4) is 0 Å². The number of nitrogens with zero attached hydrogens (tertiary/aromatic N) is 2. The van der Waals surface area contributed by atoms with Crippen LogP contribution in [0, 0.1) is 5.41 Å². The van der Waals surface area contributed by atoms with Crippen molar-refractivity contribution in [3.63, 3.8) is 0 Å². The summed E-state index contributed by atoms with van der Waals surface area (Å²) < 4.78 is 24.1. The van der Waals surface area contributed by atoms with Crippen LogP contribution in [-0.2, 0) is 9.84 Å². The Kier molecular flexibility index (Phi) is 6.40. The molecule has 32 heavy (non-hydrogen) atoms. The molecule has 1 unspecified atom stereocenters. The number of benzene rings is 2. The third-order valence-corrected chi connectivity index (χ3v) is 8.43. The predicted octanol–water partition coefficient (Wildman–Crippen LogP) is 4.28. The van der Waals surface area contributed by atoms with Crippen LogP contribution in [0.4, 0.5) is 5.69 Å². The lowest BCUT2D eigenvalue weighted by Crippen LogP contribution is -2.54. The van der Waals surface area contributed by atoms with Crippen molar-refractivity contribution in [2.75, 3.05) is 37.3 Å². The molecule has 1 aliphatic heterocycles. The summed E-state index contributed by atoms with van der Waals surface area (Å²) in [7, 11) is -3.25. The molecule has 174 valence electrons. The first-order valence-corrected chi connectivity index (χ1v) is 13.5. The number of aliphatic hydroxyl groups is 1. The van der Waals surface area contributed by atoms with E-state index in [-0.39, 0.29) is 6.04 Å². The van der Waals surface area contributed by atoms with Gasteiger partial charge in [-0.2, -0.15) is 0 Å². The molecule has 5 nitrogen and oxygen atoms in total. The lowest BCUT2D eigenvalue weighted by atomic mass is 9.70. The van der Waals surface area contributed by atoms with E-state index in [1.807, 2.05) is 18.2 Å². The first-order chi connectivity index (χ1) is 15.0. The van der Waals surface area contributed by atoms with Gasteiger partial charge in [-0.1, -0.05) is 50.2 Å². The van der Waals surface area contributed by atoms with Gasteiger partial charge >= 0.3 is 0 Å². The van der Waals surface area contributed by atoms with Gasteiger partial charge in [0.2, 0.25) is 0 Å². The molecule has 0 bridgehead atoms. The number of piperazine rings is 1. The molecular formula is C26H36N2O3S. The fourth-order valence-corrected chi connectivity index (χ4v) is 5.74. The normalized spacial score (nSPS) is 23.8. The molecule has 0 aromatic heterocycles. The Balaban J connectivity index is 1.57. The van der Waals surface area contributed by atoms with E-state index in [1.54, 1.807) is 12.1 Å². The quantitative estimate of drug-likeness (QED) is 0.728. The van der Waals surface area contributed by atoms with Crippen molar-refractivity contribution in [2.45, 2.75) is 56.1 Å². The maximum Gasteiger partial charge on any atom is 0.175 e. The molecule has 2 aliphatic rings. The molecule has 2 aromatic rings. The van der Waals surface area contributed by atoms with Gasteiger partial charge in [0.15, 0.2) is 9.84 Å². The number of hydrogen-bond donors (Lipinski definition) is 1. The van der Waals surface area contributed by atoms with Crippen molar-refractivity contribution in [1.29, 1.82) is 0 Å². The molecule has 0 spiro atoms. The lowest BCUT2D eigenvalue weighted by molar-refractivity contribution is -0.0590. The fourth-order valence-electron chi connectivity index (χ4n) is 5.07. The highest BCUT2D eigenvalue weighted by Crippen LogP contribution is 2.41. The van der Waals surface area contributed by atoms with Gasteiger partial charge in [0.1, 0.15) is 0 Å². The van der Waals surface area contributed by atoms with Gasteiger partial charge in [-0.25, -0.2) is 8.42 Å². The summed E-state index contributed by atoms with van der Waals surface area (Å²) in [5.41, 5.74) is 1.85. The van der Waals surface area contributed by atoms with Gasteiger partial charge < -0.3 is 10.0 Å². The van der Waals surface area contributed by atoms with Crippen LogP contribution < -0.4 is 4.90 Å². The lowest BCUT2D eigenvalue weighted by Gasteiger charge is -2.48. The van der Waals surface area contributed by atoms with Crippen LogP contribution in [0.3, 0.4) is 0 Å². The Morgan fingerprint density at radius 3 is 2.31 bits per heavy atom. The van der Waals surface area contributed by atoms with Crippen LogP contribution in [0.25, 0.3) is 0 Å². The van der Waals surface area contributed by atoms with Crippen LogP contribution in [0.2, 0.25) is 0 Å². The molecule has 2 fully saturated rings. The highest BCUT2D eigenvalue weighted by molar-refractivity contribution is 7.90. The minimum atomic E-state index is -3.25.